The minimum Gasteiger partial charge on any atom is -0.344 e. The van der Waals surface area contributed by atoms with E-state index in [9.17, 15) is 9.59 Å². The molecule has 1 aliphatic rings. The van der Waals surface area contributed by atoms with Crippen LogP contribution in [0.15, 0.2) is 73.1 Å². The van der Waals surface area contributed by atoms with E-state index >= 15 is 0 Å². The van der Waals surface area contributed by atoms with E-state index in [1.54, 1.807) is 24.0 Å². The highest BCUT2D eigenvalue weighted by molar-refractivity contribution is 6.04. The average Bonchev–Trinajstić information content (AvgIpc) is 3.42. The maximum absolute atomic E-state index is 13.1. The van der Waals surface area contributed by atoms with Gasteiger partial charge in [-0.1, -0.05) is 12.1 Å². The lowest BCUT2D eigenvalue weighted by atomic mass is 10.0. The molecule has 5 rings (SSSR count). The van der Waals surface area contributed by atoms with Gasteiger partial charge in [-0.15, -0.1) is 0 Å². The monoisotopic (exact) mass is 553 g/mol. The Morgan fingerprint density at radius 1 is 0.976 bits per heavy atom. The Labute approximate surface area is 241 Å². The number of amides is 2. The number of pyridine rings is 1. The van der Waals surface area contributed by atoms with Gasteiger partial charge >= 0.3 is 6.03 Å². The predicted molar refractivity (Wildman–Crippen MR) is 165 cm³/mol. The van der Waals surface area contributed by atoms with Crippen LogP contribution in [0.5, 0.6) is 0 Å². The Kier molecular flexibility index (Phi) is 8.10. The van der Waals surface area contributed by atoms with Crippen LogP contribution >= 0.6 is 0 Å². The summed E-state index contributed by atoms with van der Waals surface area (Å²) in [4.78, 5) is 36.5. The van der Waals surface area contributed by atoms with Crippen LogP contribution in [0.1, 0.15) is 42.7 Å². The third kappa shape index (κ3) is 5.82. The number of carbonyl (C=O) groups excluding carboxylic acids is 2. The summed E-state index contributed by atoms with van der Waals surface area (Å²) in [5, 5.41) is 6.55. The number of likely N-dealkylation sites (N-methyl/N-ethyl adjacent to an activating group) is 1. The molecule has 2 aromatic carbocycles. The molecule has 0 radical (unpaired) electrons. The number of aromatic nitrogens is 2. The molecule has 214 valence electrons. The highest BCUT2D eigenvalue weighted by Crippen LogP contribution is 2.29. The Morgan fingerprint density at radius 3 is 2.34 bits per heavy atom. The van der Waals surface area contributed by atoms with E-state index in [1.807, 2.05) is 60.5 Å². The van der Waals surface area contributed by atoms with E-state index in [4.69, 9.17) is 0 Å². The van der Waals surface area contributed by atoms with Gasteiger partial charge in [0.2, 0.25) is 0 Å². The second-order valence-corrected chi connectivity index (χ2v) is 11.0. The molecule has 0 bridgehead atoms. The maximum Gasteiger partial charge on any atom is 0.325 e. The molecule has 1 aliphatic heterocycles. The summed E-state index contributed by atoms with van der Waals surface area (Å²) in [5.74, 6) is 0.277. The van der Waals surface area contributed by atoms with Gasteiger partial charge in [0.15, 0.2) is 0 Å². The van der Waals surface area contributed by atoms with Crippen molar-refractivity contribution in [1.29, 1.82) is 0 Å². The van der Waals surface area contributed by atoms with Crippen molar-refractivity contribution in [2.45, 2.75) is 38.9 Å². The van der Waals surface area contributed by atoms with Crippen molar-refractivity contribution in [3.63, 3.8) is 0 Å². The number of nitrogens with one attached hydrogen (secondary N) is 2. The molecule has 0 spiro atoms. The van der Waals surface area contributed by atoms with Crippen LogP contribution in [0.2, 0.25) is 0 Å². The molecular formula is C32H39N7O2. The van der Waals surface area contributed by atoms with Gasteiger partial charge in [-0.2, -0.15) is 0 Å². The second-order valence-electron chi connectivity index (χ2n) is 11.0. The fraction of sp³-hybridized carbons (Fsp3) is 0.344. The summed E-state index contributed by atoms with van der Waals surface area (Å²) in [6.45, 7) is 8.83. The van der Waals surface area contributed by atoms with E-state index in [2.05, 4.69) is 65.4 Å². The molecule has 0 aliphatic carbocycles. The van der Waals surface area contributed by atoms with Crippen molar-refractivity contribution in [1.82, 2.24) is 24.7 Å². The highest BCUT2D eigenvalue weighted by atomic mass is 16.2. The summed E-state index contributed by atoms with van der Waals surface area (Å²) >= 11 is 0. The molecule has 1 fully saturated rings. The van der Waals surface area contributed by atoms with Crippen LogP contribution in [-0.2, 0) is 0 Å². The van der Waals surface area contributed by atoms with Gasteiger partial charge in [0.25, 0.3) is 5.91 Å². The third-order valence-electron chi connectivity index (χ3n) is 8.46. The fourth-order valence-corrected chi connectivity index (χ4v) is 5.56. The molecular weight excluding hydrogens is 514 g/mol. The Balaban J connectivity index is 1.26. The molecule has 3 heterocycles. The van der Waals surface area contributed by atoms with E-state index in [-0.39, 0.29) is 18.0 Å². The standard InChI is InChI=1S/C32H39N7O2/c1-21-19-38(20-22(2)36(21)5)23(3)24-7-9-25(10-8-24)31(40)35-30-18-28(13-15-34-30)37(6)27-11-12-29-26(17-27)14-16-39(29)32(41)33-4/h7-18,21-23H,19-20H2,1-6H3,(H,33,41)(H,34,35,40)/t21-,22+,23?. The second kappa shape index (κ2) is 11.7. The third-order valence-corrected chi connectivity index (χ3v) is 8.46. The molecule has 4 aromatic rings. The minimum atomic E-state index is -0.199. The number of fused-ring (bicyclic) bond motifs is 1. The fourth-order valence-electron chi connectivity index (χ4n) is 5.56. The Bertz CT molecular complexity index is 1540. The van der Waals surface area contributed by atoms with Crippen molar-refractivity contribution in [2.24, 2.45) is 0 Å². The summed E-state index contributed by atoms with van der Waals surface area (Å²) in [7, 11) is 5.77. The van der Waals surface area contributed by atoms with E-state index < -0.39 is 0 Å². The van der Waals surface area contributed by atoms with Crippen LogP contribution < -0.4 is 15.5 Å². The molecule has 2 amide bonds. The van der Waals surface area contributed by atoms with E-state index in [1.165, 1.54) is 5.56 Å². The molecule has 3 atom stereocenters. The summed E-state index contributed by atoms with van der Waals surface area (Å²) < 4.78 is 1.58. The topological polar surface area (TPSA) is 85.7 Å². The van der Waals surface area contributed by atoms with Gasteiger partial charge in [0.1, 0.15) is 5.82 Å². The number of nitrogens with zero attached hydrogens (tertiary/aromatic N) is 5. The molecule has 41 heavy (non-hydrogen) atoms. The van der Waals surface area contributed by atoms with Crippen LogP contribution in [-0.4, -0.2) is 77.6 Å². The molecule has 2 aromatic heterocycles. The molecule has 9 heteroatoms. The van der Waals surface area contributed by atoms with Crippen molar-refractivity contribution >= 4 is 40.0 Å². The van der Waals surface area contributed by atoms with Crippen molar-refractivity contribution < 1.29 is 9.59 Å². The van der Waals surface area contributed by atoms with Crippen molar-refractivity contribution in [3.8, 4) is 0 Å². The van der Waals surface area contributed by atoms with Gasteiger partial charge in [0.05, 0.1) is 5.52 Å². The number of hydrogen-bond donors (Lipinski definition) is 2. The van der Waals surface area contributed by atoms with Gasteiger partial charge in [-0.05, 0) is 75.8 Å². The zero-order chi connectivity index (χ0) is 29.3. The SMILES string of the molecule is CNC(=O)n1ccc2cc(N(C)c3ccnc(NC(=O)c4ccc(C(C)N5C[C@@H](C)N(C)[C@@H](C)C5)cc4)c3)ccc21. The Morgan fingerprint density at radius 2 is 1.66 bits per heavy atom. The summed E-state index contributed by atoms with van der Waals surface area (Å²) in [6.07, 6.45) is 3.44. The lowest BCUT2D eigenvalue weighted by Gasteiger charge is -2.45. The zero-order valence-corrected chi connectivity index (χ0v) is 24.6. The van der Waals surface area contributed by atoms with Crippen LogP contribution in [0.3, 0.4) is 0 Å². The van der Waals surface area contributed by atoms with Crippen LogP contribution in [0, 0.1) is 0 Å². The first-order chi connectivity index (χ1) is 19.7. The van der Waals surface area contributed by atoms with E-state index in [0.717, 1.165) is 35.4 Å². The number of rotatable bonds is 6. The lowest BCUT2D eigenvalue weighted by Crippen LogP contribution is -2.55. The number of benzene rings is 2. The van der Waals surface area contributed by atoms with Gasteiger partial charge < -0.3 is 15.5 Å². The maximum atomic E-state index is 13.1. The first-order valence-electron chi connectivity index (χ1n) is 14.1. The van der Waals surface area contributed by atoms with Crippen molar-refractivity contribution in [3.05, 3.63) is 84.2 Å². The van der Waals surface area contributed by atoms with E-state index in [0.29, 0.717) is 23.5 Å². The van der Waals surface area contributed by atoms with Crippen LogP contribution in [0.4, 0.5) is 22.0 Å². The van der Waals surface area contributed by atoms with Gasteiger partial charge in [0, 0.05) is 86.1 Å². The number of carbonyl (C=O) groups is 2. The average molecular weight is 554 g/mol. The minimum absolute atomic E-state index is 0.181. The normalized spacial score (nSPS) is 18.7. The van der Waals surface area contributed by atoms with Crippen LogP contribution in [0.25, 0.3) is 10.9 Å². The molecule has 1 saturated heterocycles. The predicted octanol–water partition coefficient (Wildman–Crippen LogP) is 5.33. The highest BCUT2D eigenvalue weighted by Gasteiger charge is 2.29. The smallest absolute Gasteiger partial charge is 0.325 e. The summed E-state index contributed by atoms with van der Waals surface area (Å²) in [6, 6.07) is 20.6. The largest absolute Gasteiger partial charge is 0.344 e. The number of hydrogen-bond acceptors (Lipinski definition) is 6. The Hall–Kier alpha value is -4.21. The zero-order valence-electron chi connectivity index (χ0n) is 24.6. The first kappa shape index (κ1) is 28.3. The summed E-state index contributed by atoms with van der Waals surface area (Å²) in [5.41, 5.74) is 4.45. The van der Waals surface area contributed by atoms with Gasteiger partial charge in [-0.25, -0.2) is 9.78 Å². The quantitative estimate of drug-likeness (QED) is 0.336. The first-order valence-corrected chi connectivity index (χ1v) is 14.1. The van der Waals surface area contributed by atoms with Crippen molar-refractivity contribution in [2.75, 3.05) is 44.4 Å². The molecule has 2 N–H and O–H groups in total. The molecule has 9 nitrogen and oxygen atoms in total. The van der Waals surface area contributed by atoms with Gasteiger partial charge in [-0.3, -0.25) is 19.2 Å². The lowest BCUT2D eigenvalue weighted by molar-refractivity contribution is 0.0377. The molecule has 0 saturated carbocycles. The number of piperazine rings is 1. The number of anilines is 3. The molecule has 1 unspecified atom stereocenters.